The van der Waals surface area contributed by atoms with Gasteiger partial charge in [0.25, 0.3) is 0 Å². The molecule has 22 heavy (non-hydrogen) atoms. The lowest BCUT2D eigenvalue weighted by Gasteiger charge is -2.06. The smallest absolute Gasteiger partial charge is 0.211 e. The number of aromatic amines is 1. The van der Waals surface area contributed by atoms with E-state index in [9.17, 15) is 12.8 Å². The number of rotatable bonds is 9. The number of nitrogens with one attached hydrogen (secondary N) is 2. The molecule has 0 amide bonds. The first-order valence-corrected chi connectivity index (χ1v) is 8.90. The van der Waals surface area contributed by atoms with Crippen LogP contribution >= 0.6 is 0 Å². The van der Waals surface area contributed by atoms with E-state index in [4.69, 9.17) is 0 Å². The van der Waals surface area contributed by atoms with E-state index in [0.717, 1.165) is 30.5 Å². The van der Waals surface area contributed by atoms with Gasteiger partial charge >= 0.3 is 0 Å². The van der Waals surface area contributed by atoms with Gasteiger partial charge in [-0.3, -0.25) is 0 Å². The van der Waals surface area contributed by atoms with Crippen LogP contribution in [0.4, 0.5) is 4.39 Å². The summed E-state index contributed by atoms with van der Waals surface area (Å²) in [6.45, 7) is 0.190. The lowest BCUT2D eigenvalue weighted by atomic mass is 10.2. The van der Waals surface area contributed by atoms with Crippen LogP contribution in [0.15, 0.2) is 36.8 Å². The number of imidazole rings is 1. The predicted octanol–water partition coefficient (Wildman–Crippen LogP) is 2.38. The third-order valence-electron chi connectivity index (χ3n) is 3.31. The zero-order valence-electron chi connectivity index (χ0n) is 12.3. The highest BCUT2D eigenvalue weighted by Gasteiger charge is 2.09. The maximum atomic E-state index is 12.8. The summed E-state index contributed by atoms with van der Waals surface area (Å²) in [7, 11) is -3.29. The van der Waals surface area contributed by atoms with Crippen LogP contribution in [0.5, 0.6) is 0 Å². The second-order valence-electron chi connectivity index (χ2n) is 5.14. The topological polar surface area (TPSA) is 74.8 Å². The van der Waals surface area contributed by atoms with Crippen LogP contribution in [0.3, 0.4) is 0 Å². The van der Waals surface area contributed by atoms with Gasteiger partial charge in [0.2, 0.25) is 10.0 Å². The van der Waals surface area contributed by atoms with Crippen LogP contribution in [-0.4, -0.2) is 24.1 Å². The molecule has 0 aliphatic rings. The summed E-state index contributed by atoms with van der Waals surface area (Å²) in [4.78, 5) is 7.01. The van der Waals surface area contributed by atoms with Crippen molar-refractivity contribution >= 4 is 10.0 Å². The van der Waals surface area contributed by atoms with Gasteiger partial charge in [0.15, 0.2) is 0 Å². The molecule has 2 aromatic rings. The van der Waals surface area contributed by atoms with E-state index in [0.29, 0.717) is 6.42 Å². The minimum Gasteiger partial charge on any atom is -0.351 e. The van der Waals surface area contributed by atoms with Crippen molar-refractivity contribution in [3.8, 4) is 0 Å². The van der Waals surface area contributed by atoms with Gasteiger partial charge in [-0.15, -0.1) is 0 Å². The van der Waals surface area contributed by atoms with Gasteiger partial charge in [0.05, 0.1) is 17.8 Å². The highest BCUT2D eigenvalue weighted by Crippen LogP contribution is 2.06. The summed E-state index contributed by atoms with van der Waals surface area (Å²) in [6.07, 6.45) is 6.71. The average Bonchev–Trinajstić information content (AvgIpc) is 3.00. The number of hydrogen-bond acceptors (Lipinski definition) is 3. The molecule has 7 heteroatoms. The Labute approximate surface area is 130 Å². The van der Waals surface area contributed by atoms with Crippen molar-refractivity contribution in [3.05, 3.63) is 53.9 Å². The summed E-state index contributed by atoms with van der Waals surface area (Å²) in [6, 6.07) is 5.78. The maximum Gasteiger partial charge on any atom is 0.211 e. The zero-order valence-corrected chi connectivity index (χ0v) is 13.1. The fraction of sp³-hybridized carbons (Fsp3) is 0.400. The zero-order chi connectivity index (χ0) is 15.8. The fourth-order valence-corrected chi connectivity index (χ4v) is 3.19. The number of H-pyrrole nitrogens is 1. The third-order valence-corrected chi connectivity index (χ3v) is 4.72. The van der Waals surface area contributed by atoms with Crippen molar-refractivity contribution in [2.45, 2.75) is 32.2 Å². The Morgan fingerprint density at radius 3 is 2.59 bits per heavy atom. The monoisotopic (exact) mass is 325 g/mol. The second kappa shape index (κ2) is 8.05. The first-order valence-electron chi connectivity index (χ1n) is 7.24. The molecular formula is C15H20FN3O2S. The number of sulfonamides is 1. The quantitative estimate of drug-likeness (QED) is 0.695. The molecule has 0 aliphatic heterocycles. The summed E-state index contributed by atoms with van der Waals surface area (Å²) in [5.41, 5.74) is 1.74. The molecule has 0 radical (unpaired) electrons. The van der Waals surface area contributed by atoms with E-state index in [1.54, 1.807) is 18.5 Å². The predicted molar refractivity (Wildman–Crippen MR) is 83.2 cm³/mol. The van der Waals surface area contributed by atoms with Crippen LogP contribution in [0, 0.1) is 5.82 Å². The molecule has 0 fully saturated rings. The SMILES string of the molecule is O=S(=O)(CCCCCc1c[nH]cn1)NCc1ccc(F)cc1. The van der Waals surface area contributed by atoms with Gasteiger partial charge < -0.3 is 4.98 Å². The van der Waals surface area contributed by atoms with Gasteiger partial charge in [-0.05, 0) is 37.0 Å². The number of nitrogens with zero attached hydrogens (tertiary/aromatic N) is 1. The van der Waals surface area contributed by atoms with E-state index in [1.807, 2.05) is 6.20 Å². The molecule has 1 heterocycles. The molecular weight excluding hydrogens is 305 g/mol. The molecule has 0 aliphatic carbocycles. The minimum absolute atomic E-state index is 0.106. The Bertz CT molecular complexity index is 655. The fourth-order valence-electron chi connectivity index (χ4n) is 2.07. The first kappa shape index (κ1) is 16.6. The normalized spacial score (nSPS) is 11.7. The van der Waals surface area contributed by atoms with Gasteiger partial charge in [-0.2, -0.15) is 0 Å². The number of hydrogen-bond donors (Lipinski definition) is 2. The summed E-state index contributed by atoms with van der Waals surface area (Å²) < 4.78 is 39.0. The Hall–Kier alpha value is -1.73. The van der Waals surface area contributed by atoms with E-state index >= 15 is 0 Å². The standard InChI is InChI=1S/C15H20FN3O2S/c16-14-7-5-13(6-8-14)10-19-22(20,21)9-3-1-2-4-15-11-17-12-18-15/h5-8,11-12,19H,1-4,9-10H2,(H,17,18). The van der Waals surface area contributed by atoms with Crippen molar-refractivity contribution in [2.24, 2.45) is 0 Å². The summed E-state index contributed by atoms with van der Waals surface area (Å²) >= 11 is 0. The maximum absolute atomic E-state index is 12.8. The molecule has 0 bridgehead atoms. The molecule has 0 atom stereocenters. The Morgan fingerprint density at radius 1 is 1.14 bits per heavy atom. The van der Waals surface area contributed by atoms with Crippen molar-refractivity contribution < 1.29 is 12.8 Å². The van der Waals surface area contributed by atoms with Gasteiger partial charge in [0, 0.05) is 12.7 Å². The second-order valence-corrected chi connectivity index (χ2v) is 7.06. The molecule has 0 saturated carbocycles. The summed E-state index contributed by atoms with van der Waals surface area (Å²) in [5, 5.41) is 0. The Balaban J connectivity index is 1.64. The van der Waals surface area contributed by atoms with Gasteiger partial charge in [-0.25, -0.2) is 22.5 Å². The average molecular weight is 325 g/mol. The number of unbranched alkanes of at least 4 members (excludes halogenated alkanes) is 2. The van der Waals surface area contributed by atoms with Crippen molar-refractivity contribution in [2.75, 3.05) is 5.75 Å². The third kappa shape index (κ3) is 5.95. The minimum atomic E-state index is -3.29. The molecule has 1 aromatic heterocycles. The lowest BCUT2D eigenvalue weighted by Crippen LogP contribution is -2.25. The molecule has 2 N–H and O–H groups in total. The van der Waals surface area contributed by atoms with Crippen molar-refractivity contribution in [1.82, 2.24) is 14.7 Å². The Kier molecular flexibility index (Phi) is 6.09. The van der Waals surface area contributed by atoms with Gasteiger partial charge in [0.1, 0.15) is 5.82 Å². The van der Waals surface area contributed by atoms with Crippen LogP contribution in [0.1, 0.15) is 30.5 Å². The number of benzene rings is 1. The highest BCUT2D eigenvalue weighted by atomic mass is 32.2. The van der Waals surface area contributed by atoms with E-state index in [-0.39, 0.29) is 18.1 Å². The Morgan fingerprint density at radius 2 is 1.91 bits per heavy atom. The molecule has 2 rings (SSSR count). The van der Waals surface area contributed by atoms with Crippen LogP contribution in [-0.2, 0) is 23.0 Å². The first-order chi connectivity index (χ1) is 10.6. The van der Waals surface area contributed by atoms with Crippen LogP contribution in [0.25, 0.3) is 0 Å². The lowest BCUT2D eigenvalue weighted by molar-refractivity contribution is 0.575. The van der Waals surface area contributed by atoms with Crippen LogP contribution in [0.2, 0.25) is 0 Å². The highest BCUT2D eigenvalue weighted by molar-refractivity contribution is 7.89. The molecule has 5 nitrogen and oxygen atoms in total. The molecule has 0 spiro atoms. The largest absolute Gasteiger partial charge is 0.351 e. The van der Waals surface area contributed by atoms with Crippen molar-refractivity contribution in [3.63, 3.8) is 0 Å². The molecule has 120 valence electrons. The number of halogens is 1. The summed E-state index contributed by atoms with van der Waals surface area (Å²) in [5.74, 6) is -0.224. The van der Waals surface area contributed by atoms with E-state index in [1.165, 1.54) is 12.1 Å². The molecule has 1 aromatic carbocycles. The molecule has 0 saturated heterocycles. The molecule has 0 unspecified atom stereocenters. The van der Waals surface area contributed by atoms with Gasteiger partial charge in [-0.1, -0.05) is 18.6 Å². The van der Waals surface area contributed by atoms with E-state index < -0.39 is 10.0 Å². The van der Waals surface area contributed by atoms with E-state index in [2.05, 4.69) is 14.7 Å². The van der Waals surface area contributed by atoms with Crippen molar-refractivity contribution in [1.29, 1.82) is 0 Å². The number of aromatic nitrogens is 2. The van der Waals surface area contributed by atoms with Crippen LogP contribution < -0.4 is 4.72 Å². The number of aryl methyl sites for hydroxylation is 1.